The monoisotopic (exact) mass is 219 g/mol. The highest BCUT2D eigenvalue weighted by Crippen LogP contribution is 2.22. The van der Waals surface area contributed by atoms with E-state index in [9.17, 15) is 0 Å². The average Bonchev–Trinajstić information content (AvgIpc) is 2.84. The Hall–Kier alpha value is -1.18. The number of unbranched alkanes of at least 4 members (excludes halogenated alkanes) is 1. The van der Waals surface area contributed by atoms with Gasteiger partial charge in [-0.15, -0.1) is 0 Å². The van der Waals surface area contributed by atoms with Crippen LogP contribution in [0.4, 0.5) is 5.69 Å². The van der Waals surface area contributed by atoms with Gasteiger partial charge in [0.05, 0.1) is 6.61 Å². The number of nitrogens with zero attached hydrogens (tertiary/aromatic N) is 1. The molecule has 1 fully saturated rings. The zero-order valence-corrected chi connectivity index (χ0v) is 10.1. The van der Waals surface area contributed by atoms with Gasteiger partial charge in [0.15, 0.2) is 0 Å². The molecule has 1 aromatic carbocycles. The second-order valence-electron chi connectivity index (χ2n) is 4.39. The lowest BCUT2D eigenvalue weighted by atomic mass is 10.3. The number of benzene rings is 1. The molecule has 0 bridgehead atoms. The van der Waals surface area contributed by atoms with Crippen molar-refractivity contribution in [3.8, 4) is 5.75 Å². The Balaban J connectivity index is 1.88. The molecule has 0 aliphatic carbocycles. The van der Waals surface area contributed by atoms with Crippen molar-refractivity contribution in [2.45, 2.75) is 32.6 Å². The lowest BCUT2D eigenvalue weighted by Crippen LogP contribution is -2.17. The molecule has 2 rings (SSSR count). The Labute approximate surface area is 98.2 Å². The molecule has 0 saturated carbocycles. The average molecular weight is 219 g/mol. The SMILES string of the molecule is CCCCOc1ccc(N2CCCC2)cc1. The van der Waals surface area contributed by atoms with Gasteiger partial charge in [-0.05, 0) is 43.5 Å². The van der Waals surface area contributed by atoms with Crippen LogP contribution >= 0.6 is 0 Å². The molecule has 1 saturated heterocycles. The fourth-order valence-corrected chi connectivity index (χ4v) is 2.06. The summed E-state index contributed by atoms with van der Waals surface area (Å²) >= 11 is 0. The summed E-state index contributed by atoms with van der Waals surface area (Å²) in [4.78, 5) is 2.44. The van der Waals surface area contributed by atoms with E-state index in [0.29, 0.717) is 0 Å². The first-order valence-corrected chi connectivity index (χ1v) is 6.38. The Kier molecular flexibility index (Phi) is 4.09. The first-order chi connectivity index (χ1) is 7.90. The number of rotatable bonds is 5. The largest absolute Gasteiger partial charge is 0.494 e. The molecule has 88 valence electrons. The van der Waals surface area contributed by atoms with Gasteiger partial charge < -0.3 is 9.64 Å². The maximum Gasteiger partial charge on any atom is 0.119 e. The zero-order valence-electron chi connectivity index (χ0n) is 10.1. The minimum Gasteiger partial charge on any atom is -0.494 e. The normalized spacial score (nSPS) is 15.4. The molecule has 1 aliphatic heterocycles. The Bertz CT molecular complexity index is 301. The topological polar surface area (TPSA) is 12.5 Å². The van der Waals surface area contributed by atoms with Gasteiger partial charge >= 0.3 is 0 Å². The van der Waals surface area contributed by atoms with Crippen molar-refractivity contribution in [3.05, 3.63) is 24.3 Å². The van der Waals surface area contributed by atoms with Crippen molar-refractivity contribution < 1.29 is 4.74 Å². The van der Waals surface area contributed by atoms with Crippen LogP contribution in [0.15, 0.2) is 24.3 Å². The lowest BCUT2D eigenvalue weighted by Gasteiger charge is -2.17. The molecule has 2 nitrogen and oxygen atoms in total. The maximum atomic E-state index is 5.65. The minimum atomic E-state index is 0.833. The van der Waals surface area contributed by atoms with Crippen LogP contribution in [0.2, 0.25) is 0 Å². The molecule has 0 N–H and O–H groups in total. The molecule has 0 spiro atoms. The van der Waals surface area contributed by atoms with Gasteiger partial charge in [-0.3, -0.25) is 0 Å². The van der Waals surface area contributed by atoms with Crippen molar-refractivity contribution in [1.29, 1.82) is 0 Å². The lowest BCUT2D eigenvalue weighted by molar-refractivity contribution is 0.309. The molecule has 0 unspecified atom stereocenters. The summed E-state index contributed by atoms with van der Waals surface area (Å²) in [5.74, 6) is 0.997. The van der Waals surface area contributed by atoms with Gasteiger partial charge in [0.2, 0.25) is 0 Å². The molecule has 16 heavy (non-hydrogen) atoms. The fourth-order valence-electron chi connectivity index (χ4n) is 2.06. The summed E-state index contributed by atoms with van der Waals surface area (Å²) in [6.07, 6.45) is 4.98. The van der Waals surface area contributed by atoms with Crippen LogP contribution in [0, 0.1) is 0 Å². The van der Waals surface area contributed by atoms with Gasteiger partial charge in [-0.2, -0.15) is 0 Å². The summed E-state index contributed by atoms with van der Waals surface area (Å²) in [6, 6.07) is 8.52. The second kappa shape index (κ2) is 5.78. The highest BCUT2D eigenvalue weighted by Gasteiger charge is 2.11. The van der Waals surface area contributed by atoms with E-state index in [2.05, 4.69) is 36.1 Å². The van der Waals surface area contributed by atoms with Crippen LogP contribution in [0.25, 0.3) is 0 Å². The predicted molar refractivity (Wildman–Crippen MR) is 68.3 cm³/mol. The molecule has 2 heteroatoms. The number of ether oxygens (including phenoxy) is 1. The van der Waals surface area contributed by atoms with Crippen LogP contribution in [-0.2, 0) is 0 Å². The van der Waals surface area contributed by atoms with E-state index in [1.54, 1.807) is 0 Å². The van der Waals surface area contributed by atoms with E-state index < -0.39 is 0 Å². The van der Waals surface area contributed by atoms with E-state index >= 15 is 0 Å². The van der Waals surface area contributed by atoms with E-state index in [1.165, 1.54) is 38.0 Å². The molecule has 0 amide bonds. The summed E-state index contributed by atoms with van der Waals surface area (Å²) in [7, 11) is 0. The Morgan fingerprint density at radius 1 is 1.12 bits per heavy atom. The molecule has 0 radical (unpaired) electrons. The Morgan fingerprint density at radius 3 is 2.44 bits per heavy atom. The quantitative estimate of drug-likeness (QED) is 0.703. The van der Waals surface area contributed by atoms with Crippen molar-refractivity contribution in [1.82, 2.24) is 0 Å². The van der Waals surface area contributed by atoms with E-state index in [-0.39, 0.29) is 0 Å². The predicted octanol–water partition coefficient (Wildman–Crippen LogP) is 3.47. The van der Waals surface area contributed by atoms with Gasteiger partial charge in [0.1, 0.15) is 5.75 Å². The van der Waals surface area contributed by atoms with Crippen LogP contribution in [0.1, 0.15) is 32.6 Å². The van der Waals surface area contributed by atoms with Crippen LogP contribution in [-0.4, -0.2) is 19.7 Å². The van der Waals surface area contributed by atoms with Crippen LogP contribution in [0.3, 0.4) is 0 Å². The molecule has 0 atom stereocenters. The minimum absolute atomic E-state index is 0.833. The molecular weight excluding hydrogens is 198 g/mol. The molecule has 1 aromatic rings. The van der Waals surface area contributed by atoms with Gasteiger partial charge in [0.25, 0.3) is 0 Å². The second-order valence-corrected chi connectivity index (χ2v) is 4.39. The third kappa shape index (κ3) is 2.91. The van der Waals surface area contributed by atoms with Crippen molar-refractivity contribution >= 4 is 5.69 Å². The van der Waals surface area contributed by atoms with Crippen molar-refractivity contribution in [3.63, 3.8) is 0 Å². The third-order valence-electron chi connectivity index (χ3n) is 3.07. The van der Waals surface area contributed by atoms with Crippen molar-refractivity contribution in [2.75, 3.05) is 24.6 Å². The van der Waals surface area contributed by atoms with E-state index in [0.717, 1.165) is 18.8 Å². The number of anilines is 1. The Morgan fingerprint density at radius 2 is 1.81 bits per heavy atom. The first kappa shape index (κ1) is 11.3. The van der Waals surface area contributed by atoms with Crippen molar-refractivity contribution in [2.24, 2.45) is 0 Å². The summed E-state index contributed by atoms with van der Waals surface area (Å²) in [5.41, 5.74) is 1.33. The summed E-state index contributed by atoms with van der Waals surface area (Å²) in [5, 5.41) is 0. The molecular formula is C14H21NO. The highest BCUT2D eigenvalue weighted by molar-refractivity contribution is 5.49. The fraction of sp³-hybridized carbons (Fsp3) is 0.571. The number of hydrogen-bond acceptors (Lipinski definition) is 2. The first-order valence-electron chi connectivity index (χ1n) is 6.38. The number of hydrogen-bond donors (Lipinski definition) is 0. The van der Waals surface area contributed by atoms with Gasteiger partial charge in [-0.1, -0.05) is 13.3 Å². The van der Waals surface area contributed by atoms with Crippen LogP contribution in [0.5, 0.6) is 5.75 Å². The highest BCUT2D eigenvalue weighted by atomic mass is 16.5. The standard InChI is InChI=1S/C14H21NO/c1-2-3-12-16-14-8-6-13(7-9-14)15-10-4-5-11-15/h6-9H,2-5,10-12H2,1H3. The zero-order chi connectivity index (χ0) is 11.2. The summed E-state index contributed by atoms with van der Waals surface area (Å²) in [6.45, 7) is 5.42. The molecule has 1 aliphatic rings. The summed E-state index contributed by atoms with van der Waals surface area (Å²) < 4.78 is 5.65. The van der Waals surface area contributed by atoms with E-state index in [1.807, 2.05) is 0 Å². The smallest absolute Gasteiger partial charge is 0.119 e. The van der Waals surface area contributed by atoms with Gasteiger partial charge in [0, 0.05) is 18.8 Å². The van der Waals surface area contributed by atoms with E-state index in [4.69, 9.17) is 4.74 Å². The maximum absolute atomic E-state index is 5.65. The molecule has 0 aromatic heterocycles. The third-order valence-corrected chi connectivity index (χ3v) is 3.07. The van der Waals surface area contributed by atoms with Crippen LogP contribution < -0.4 is 9.64 Å². The van der Waals surface area contributed by atoms with Gasteiger partial charge in [-0.25, -0.2) is 0 Å². The molecule has 1 heterocycles.